The van der Waals surface area contributed by atoms with Gasteiger partial charge in [-0.15, -0.1) is 0 Å². The molecule has 4 aromatic carbocycles. The SMILES string of the molecule is C.CC(=O)N1Cc2ccc(-c3ncc(C)o3)cc2/C=C\c2ccccc21.CC(=O)N1Cc2ccc(C(=O)NCC(C)O)cc2/C=C\c2ccccc21. The number of anilines is 2. The van der Waals surface area contributed by atoms with Crippen molar-refractivity contribution in [3.63, 3.8) is 0 Å². The van der Waals surface area contributed by atoms with Gasteiger partial charge in [-0.05, 0) is 83.6 Å². The Kier molecular flexibility index (Phi) is 11.7. The van der Waals surface area contributed by atoms with Gasteiger partial charge in [-0.25, -0.2) is 4.98 Å². The predicted octanol–water partition coefficient (Wildman–Crippen LogP) is 8.16. The molecular weight excluding hydrogens is 652 g/mol. The molecule has 0 saturated carbocycles. The molecule has 2 aliphatic rings. The largest absolute Gasteiger partial charge is 0.441 e. The van der Waals surface area contributed by atoms with Crippen LogP contribution in [0.3, 0.4) is 0 Å². The minimum absolute atomic E-state index is 0. The van der Waals surface area contributed by atoms with Gasteiger partial charge in [0.1, 0.15) is 5.76 Å². The van der Waals surface area contributed by atoms with E-state index < -0.39 is 6.10 Å². The van der Waals surface area contributed by atoms with Gasteiger partial charge < -0.3 is 24.6 Å². The molecule has 0 radical (unpaired) electrons. The molecule has 9 nitrogen and oxygen atoms in total. The van der Waals surface area contributed by atoms with Crippen molar-refractivity contribution in [1.29, 1.82) is 0 Å². The third-order valence-corrected chi connectivity index (χ3v) is 8.74. The standard InChI is InChI=1S/C21H22N2O3.C21H18N2O2.CH4/c1-14(24)12-22-21(26)18-9-10-19-13-23(15(2)25)20-6-4-3-5-16(20)7-8-17(19)11-18;1-14-12-22-21(25-14)18-9-10-19-13-23(15(2)24)20-6-4-3-5-16(20)7-8-17(19)11-18;/h3-11,14,24H,12-13H2,1-2H3,(H,22,26);3-12H,13H2,1-2H3;1H4/b2*8-7-;. The summed E-state index contributed by atoms with van der Waals surface area (Å²) < 4.78 is 5.63. The lowest BCUT2D eigenvalue weighted by Crippen LogP contribution is -2.31. The number of hydrogen-bond acceptors (Lipinski definition) is 6. The Balaban J connectivity index is 0.000000197. The maximum Gasteiger partial charge on any atom is 0.251 e. The lowest BCUT2D eigenvalue weighted by atomic mass is 9.98. The van der Waals surface area contributed by atoms with Crippen molar-refractivity contribution in [3.8, 4) is 11.5 Å². The zero-order valence-corrected chi connectivity index (χ0v) is 29.1. The Morgan fingerprint density at radius 2 is 1.29 bits per heavy atom. The normalized spacial score (nSPS) is 14.4. The molecule has 52 heavy (non-hydrogen) atoms. The molecule has 2 aliphatic heterocycles. The molecule has 1 atom stereocenters. The van der Waals surface area contributed by atoms with Crippen LogP contribution in [0.2, 0.25) is 0 Å². The summed E-state index contributed by atoms with van der Waals surface area (Å²) in [5, 5.41) is 12.0. The Hall–Kier alpha value is -6.06. The molecule has 266 valence electrons. The Morgan fingerprint density at radius 3 is 1.81 bits per heavy atom. The number of fused-ring (bicyclic) bond motifs is 4. The van der Waals surface area contributed by atoms with Crippen LogP contribution in [0, 0.1) is 6.92 Å². The molecule has 7 rings (SSSR count). The van der Waals surface area contributed by atoms with Gasteiger partial charge in [0.05, 0.1) is 36.8 Å². The maximum atomic E-state index is 12.2. The van der Waals surface area contributed by atoms with Gasteiger partial charge in [0.15, 0.2) is 0 Å². The van der Waals surface area contributed by atoms with E-state index in [2.05, 4.69) is 22.4 Å². The number of aryl methyl sites for hydroxylation is 1. The quantitative estimate of drug-likeness (QED) is 0.196. The van der Waals surface area contributed by atoms with E-state index in [-0.39, 0.29) is 31.7 Å². The fourth-order valence-corrected chi connectivity index (χ4v) is 6.07. The van der Waals surface area contributed by atoms with Crippen molar-refractivity contribution < 1.29 is 23.9 Å². The molecule has 1 aromatic heterocycles. The molecule has 0 fully saturated rings. The monoisotopic (exact) mass is 696 g/mol. The summed E-state index contributed by atoms with van der Waals surface area (Å²) in [4.78, 5) is 44.5. The fourth-order valence-electron chi connectivity index (χ4n) is 6.07. The van der Waals surface area contributed by atoms with Gasteiger partial charge in [0.25, 0.3) is 5.91 Å². The first-order chi connectivity index (χ1) is 24.6. The highest BCUT2D eigenvalue weighted by Gasteiger charge is 2.20. The lowest BCUT2D eigenvalue weighted by Gasteiger charge is -2.26. The van der Waals surface area contributed by atoms with E-state index in [9.17, 15) is 19.5 Å². The highest BCUT2D eigenvalue weighted by atomic mass is 16.4. The number of nitrogens with one attached hydrogen (secondary N) is 1. The number of para-hydroxylation sites is 2. The number of hydrogen-bond donors (Lipinski definition) is 2. The van der Waals surface area contributed by atoms with Crippen LogP contribution in [0.25, 0.3) is 35.8 Å². The third kappa shape index (κ3) is 8.45. The van der Waals surface area contributed by atoms with E-state index in [4.69, 9.17) is 4.42 Å². The molecule has 0 aliphatic carbocycles. The fraction of sp³-hybridized carbons (Fsp3) is 0.209. The molecule has 0 bridgehead atoms. The second kappa shape index (κ2) is 16.3. The molecule has 0 spiro atoms. The topological polar surface area (TPSA) is 116 Å². The minimum atomic E-state index is -0.594. The molecule has 0 saturated heterocycles. The van der Waals surface area contributed by atoms with Gasteiger partial charge in [0, 0.05) is 31.5 Å². The number of amides is 3. The average molecular weight is 697 g/mol. The molecule has 2 N–H and O–H groups in total. The van der Waals surface area contributed by atoms with Crippen molar-refractivity contribution in [2.75, 3.05) is 16.3 Å². The maximum absolute atomic E-state index is 12.2. The first kappa shape index (κ1) is 37.2. The van der Waals surface area contributed by atoms with Crippen molar-refractivity contribution in [2.45, 2.75) is 54.3 Å². The molecule has 3 amide bonds. The number of oxazole rings is 1. The van der Waals surface area contributed by atoms with Crippen LogP contribution in [0.1, 0.15) is 77.7 Å². The van der Waals surface area contributed by atoms with Crippen LogP contribution in [0.4, 0.5) is 11.4 Å². The van der Waals surface area contributed by atoms with E-state index >= 15 is 0 Å². The molecule has 1 unspecified atom stereocenters. The highest BCUT2D eigenvalue weighted by molar-refractivity contribution is 5.98. The predicted molar refractivity (Wildman–Crippen MR) is 208 cm³/mol. The summed E-state index contributed by atoms with van der Waals surface area (Å²) in [6, 6.07) is 27.2. The number of rotatable bonds is 4. The summed E-state index contributed by atoms with van der Waals surface area (Å²) in [5.41, 5.74) is 9.27. The number of nitrogens with zero attached hydrogens (tertiary/aromatic N) is 3. The van der Waals surface area contributed by atoms with Crippen LogP contribution in [0.15, 0.2) is 95.5 Å². The Bertz CT molecular complexity index is 2160. The number of benzene rings is 4. The Morgan fingerprint density at radius 1 is 0.769 bits per heavy atom. The van der Waals surface area contributed by atoms with Crippen LogP contribution < -0.4 is 15.1 Å². The minimum Gasteiger partial charge on any atom is -0.441 e. The van der Waals surface area contributed by atoms with Crippen LogP contribution in [-0.2, 0) is 22.7 Å². The summed E-state index contributed by atoms with van der Waals surface area (Å²) in [5.74, 6) is 1.17. The van der Waals surface area contributed by atoms with Gasteiger partial charge >= 0.3 is 0 Å². The molecule has 5 aromatic rings. The average Bonchev–Trinajstić information content (AvgIpc) is 3.55. The van der Waals surface area contributed by atoms with E-state index in [1.54, 1.807) is 37.9 Å². The zero-order valence-electron chi connectivity index (χ0n) is 29.1. The summed E-state index contributed by atoms with van der Waals surface area (Å²) >= 11 is 0. The van der Waals surface area contributed by atoms with Crippen molar-refractivity contribution in [3.05, 3.63) is 136 Å². The van der Waals surface area contributed by atoms with Gasteiger partial charge in [-0.1, -0.05) is 80.3 Å². The lowest BCUT2D eigenvalue weighted by molar-refractivity contribution is -0.117. The first-order valence-corrected chi connectivity index (χ1v) is 16.8. The van der Waals surface area contributed by atoms with Crippen molar-refractivity contribution in [1.82, 2.24) is 10.3 Å². The molecule has 3 heterocycles. The summed E-state index contributed by atoms with van der Waals surface area (Å²) in [7, 11) is 0. The van der Waals surface area contributed by atoms with Crippen LogP contribution >= 0.6 is 0 Å². The number of carbonyl (C=O) groups excluding carboxylic acids is 3. The smallest absolute Gasteiger partial charge is 0.251 e. The zero-order chi connectivity index (χ0) is 36.1. The highest BCUT2D eigenvalue weighted by Crippen LogP contribution is 2.32. The number of aromatic nitrogens is 1. The van der Waals surface area contributed by atoms with Gasteiger partial charge in [-0.3, -0.25) is 14.4 Å². The summed E-state index contributed by atoms with van der Waals surface area (Å²) in [6.45, 7) is 7.85. The van der Waals surface area contributed by atoms with Gasteiger partial charge in [0.2, 0.25) is 17.7 Å². The van der Waals surface area contributed by atoms with E-state index in [0.717, 1.165) is 56.1 Å². The van der Waals surface area contributed by atoms with E-state index in [0.29, 0.717) is 24.5 Å². The second-order valence-corrected chi connectivity index (χ2v) is 12.7. The summed E-state index contributed by atoms with van der Waals surface area (Å²) in [6.07, 6.45) is 9.19. The van der Waals surface area contributed by atoms with E-state index in [1.807, 2.05) is 103 Å². The molecular formula is C43H44N4O5. The molecule has 9 heteroatoms. The van der Waals surface area contributed by atoms with Gasteiger partial charge in [-0.2, -0.15) is 0 Å². The number of aliphatic hydroxyl groups excluding tert-OH is 1. The van der Waals surface area contributed by atoms with Crippen LogP contribution in [0.5, 0.6) is 0 Å². The second-order valence-electron chi connectivity index (χ2n) is 12.7. The van der Waals surface area contributed by atoms with E-state index in [1.165, 1.54) is 0 Å². The van der Waals surface area contributed by atoms with Crippen molar-refractivity contribution in [2.24, 2.45) is 0 Å². The number of carbonyl (C=O) groups is 3. The van der Waals surface area contributed by atoms with Crippen molar-refractivity contribution >= 4 is 53.4 Å². The number of aliphatic hydroxyl groups is 1. The Labute approximate surface area is 304 Å². The third-order valence-electron chi connectivity index (χ3n) is 8.74. The van der Waals surface area contributed by atoms with Crippen LogP contribution in [-0.4, -0.2) is 40.5 Å². The first-order valence-electron chi connectivity index (χ1n) is 16.8.